The minimum Gasteiger partial charge on any atom is -0.497 e. The number of alkyl halides is 1. The average molecular weight is 286 g/mol. The van der Waals surface area contributed by atoms with E-state index in [0.29, 0.717) is 0 Å². The van der Waals surface area contributed by atoms with Crippen LogP contribution < -0.4 is 4.74 Å². The summed E-state index contributed by atoms with van der Waals surface area (Å²) in [6.07, 6.45) is 1.93. The van der Waals surface area contributed by atoms with Crippen LogP contribution in [0, 0.1) is 0 Å². The molecular weight excluding hydrogens is 270 g/mol. The van der Waals surface area contributed by atoms with Crippen LogP contribution in [0.4, 0.5) is 0 Å². The molecule has 0 spiro atoms. The van der Waals surface area contributed by atoms with Crippen LogP contribution in [-0.4, -0.2) is 25.3 Å². The maximum Gasteiger partial charge on any atom is 0.118 e. The summed E-state index contributed by atoms with van der Waals surface area (Å²) >= 11 is 3.41. The highest BCUT2D eigenvalue weighted by Crippen LogP contribution is 2.14. The first-order chi connectivity index (χ1) is 7.81. The summed E-state index contributed by atoms with van der Waals surface area (Å²) in [5, 5.41) is 5.01. The molecule has 3 nitrogen and oxygen atoms in total. The van der Waals surface area contributed by atoms with E-state index in [1.54, 1.807) is 14.2 Å². The molecule has 4 heteroatoms. The van der Waals surface area contributed by atoms with Crippen molar-refractivity contribution in [2.45, 2.75) is 12.8 Å². The second-order valence-electron chi connectivity index (χ2n) is 3.24. The molecule has 0 saturated carbocycles. The van der Waals surface area contributed by atoms with Crippen molar-refractivity contribution in [3.63, 3.8) is 0 Å². The number of rotatable bonds is 6. The van der Waals surface area contributed by atoms with Crippen LogP contribution in [-0.2, 0) is 4.84 Å². The lowest BCUT2D eigenvalue weighted by Crippen LogP contribution is -2.02. The van der Waals surface area contributed by atoms with E-state index in [9.17, 15) is 0 Å². The van der Waals surface area contributed by atoms with Gasteiger partial charge in [-0.05, 0) is 42.7 Å². The van der Waals surface area contributed by atoms with E-state index in [4.69, 9.17) is 9.57 Å². The molecule has 0 N–H and O–H groups in total. The van der Waals surface area contributed by atoms with Gasteiger partial charge < -0.3 is 9.57 Å². The Morgan fingerprint density at radius 1 is 1.25 bits per heavy atom. The van der Waals surface area contributed by atoms with Gasteiger partial charge in [-0.3, -0.25) is 0 Å². The van der Waals surface area contributed by atoms with Crippen LogP contribution in [0.2, 0.25) is 0 Å². The minimum absolute atomic E-state index is 0.848. The van der Waals surface area contributed by atoms with Gasteiger partial charge in [0.1, 0.15) is 12.9 Å². The predicted octanol–water partition coefficient (Wildman–Crippen LogP) is 3.22. The molecule has 0 aromatic heterocycles. The zero-order valence-electron chi connectivity index (χ0n) is 9.57. The van der Waals surface area contributed by atoms with Gasteiger partial charge in [-0.2, -0.15) is 0 Å². The van der Waals surface area contributed by atoms with E-state index in [1.807, 2.05) is 24.3 Å². The largest absolute Gasteiger partial charge is 0.497 e. The van der Waals surface area contributed by atoms with Crippen molar-refractivity contribution in [1.29, 1.82) is 0 Å². The van der Waals surface area contributed by atoms with Gasteiger partial charge in [-0.15, -0.1) is 0 Å². The molecule has 1 rings (SSSR count). The number of methoxy groups -OCH3 is 1. The number of benzene rings is 1. The van der Waals surface area contributed by atoms with Crippen LogP contribution in [0.25, 0.3) is 0 Å². The molecule has 0 saturated heterocycles. The van der Waals surface area contributed by atoms with Crippen molar-refractivity contribution in [2.75, 3.05) is 19.5 Å². The molecule has 0 heterocycles. The monoisotopic (exact) mass is 285 g/mol. The maximum atomic E-state index is 5.11. The zero-order valence-corrected chi connectivity index (χ0v) is 11.2. The van der Waals surface area contributed by atoms with Crippen LogP contribution >= 0.6 is 15.9 Å². The lowest BCUT2D eigenvalue weighted by Gasteiger charge is -2.06. The Bertz CT molecular complexity index is 335. The van der Waals surface area contributed by atoms with Gasteiger partial charge in [-0.25, -0.2) is 0 Å². The SMILES string of the molecule is CON=C(CCCBr)c1ccc(OC)cc1. The van der Waals surface area contributed by atoms with E-state index in [2.05, 4.69) is 21.1 Å². The second-order valence-corrected chi connectivity index (χ2v) is 4.03. The number of hydrogen-bond acceptors (Lipinski definition) is 3. The van der Waals surface area contributed by atoms with E-state index < -0.39 is 0 Å². The molecule has 0 aliphatic rings. The topological polar surface area (TPSA) is 30.8 Å². The van der Waals surface area contributed by atoms with E-state index in [1.165, 1.54) is 0 Å². The van der Waals surface area contributed by atoms with Crippen molar-refractivity contribution in [3.8, 4) is 5.75 Å². The highest BCUT2D eigenvalue weighted by molar-refractivity contribution is 9.09. The number of ether oxygens (including phenoxy) is 1. The third-order valence-corrected chi connectivity index (χ3v) is 2.73. The number of nitrogens with zero attached hydrogens (tertiary/aromatic N) is 1. The Labute approximate surface area is 105 Å². The van der Waals surface area contributed by atoms with E-state index in [-0.39, 0.29) is 0 Å². The standard InChI is InChI=1S/C12H16BrNO2/c1-15-11-7-5-10(6-8-11)12(14-16-2)4-3-9-13/h5-8H,3-4,9H2,1-2H3. The first-order valence-corrected chi connectivity index (χ1v) is 6.24. The van der Waals surface area contributed by atoms with Crippen molar-refractivity contribution >= 4 is 21.6 Å². The van der Waals surface area contributed by atoms with Gasteiger partial charge >= 0.3 is 0 Å². The molecule has 0 atom stereocenters. The van der Waals surface area contributed by atoms with Crippen molar-refractivity contribution in [3.05, 3.63) is 29.8 Å². The molecule has 0 bridgehead atoms. The summed E-state index contributed by atoms with van der Waals surface area (Å²) in [5.41, 5.74) is 2.04. The van der Waals surface area contributed by atoms with E-state index in [0.717, 1.165) is 35.2 Å². The Morgan fingerprint density at radius 2 is 1.94 bits per heavy atom. The first kappa shape index (κ1) is 13.0. The molecule has 88 valence electrons. The fourth-order valence-electron chi connectivity index (χ4n) is 1.37. The lowest BCUT2D eigenvalue weighted by molar-refractivity contribution is 0.213. The number of halogens is 1. The van der Waals surface area contributed by atoms with Gasteiger partial charge in [0.05, 0.1) is 12.8 Å². The predicted molar refractivity (Wildman–Crippen MR) is 69.6 cm³/mol. The molecule has 0 aliphatic heterocycles. The Morgan fingerprint density at radius 3 is 2.44 bits per heavy atom. The summed E-state index contributed by atoms with van der Waals surface area (Å²) in [5.74, 6) is 0.848. The summed E-state index contributed by atoms with van der Waals surface area (Å²) in [4.78, 5) is 4.85. The zero-order chi connectivity index (χ0) is 11.8. The van der Waals surface area contributed by atoms with Crippen LogP contribution in [0.5, 0.6) is 5.75 Å². The quantitative estimate of drug-likeness (QED) is 0.456. The fourth-order valence-corrected chi connectivity index (χ4v) is 1.65. The molecule has 0 radical (unpaired) electrons. The van der Waals surface area contributed by atoms with Gasteiger partial charge in [-0.1, -0.05) is 21.1 Å². The molecule has 0 unspecified atom stereocenters. The minimum atomic E-state index is 0.848. The second kappa shape index (κ2) is 7.28. The third kappa shape index (κ3) is 3.85. The van der Waals surface area contributed by atoms with Crippen LogP contribution in [0.3, 0.4) is 0 Å². The molecular formula is C12H16BrNO2. The molecule has 16 heavy (non-hydrogen) atoms. The molecule has 0 fully saturated rings. The first-order valence-electron chi connectivity index (χ1n) is 5.12. The van der Waals surface area contributed by atoms with E-state index >= 15 is 0 Å². The molecule has 1 aromatic carbocycles. The highest BCUT2D eigenvalue weighted by Gasteiger charge is 2.04. The summed E-state index contributed by atoms with van der Waals surface area (Å²) in [7, 11) is 3.22. The Hall–Kier alpha value is -1.03. The molecule has 0 aliphatic carbocycles. The molecule has 0 amide bonds. The number of oxime groups is 1. The van der Waals surface area contributed by atoms with Crippen molar-refractivity contribution in [2.24, 2.45) is 5.16 Å². The lowest BCUT2D eigenvalue weighted by atomic mass is 10.1. The molecule has 1 aromatic rings. The van der Waals surface area contributed by atoms with Crippen molar-refractivity contribution in [1.82, 2.24) is 0 Å². The van der Waals surface area contributed by atoms with Gasteiger partial charge in [0.2, 0.25) is 0 Å². The third-order valence-electron chi connectivity index (χ3n) is 2.17. The summed E-state index contributed by atoms with van der Waals surface area (Å²) in [6, 6.07) is 7.83. The van der Waals surface area contributed by atoms with Crippen LogP contribution in [0.1, 0.15) is 18.4 Å². The Kier molecular flexibility index (Phi) is 5.93. The maximum absolute atomic E-state index is 5.11. The summed E-state index contributed by atoms with van der Waals surface area (Å²) in [6.45, 7) is 0. The average Bonchev–Trinajstić information content (AvgIpc) is 2.35. The van der Waals surface area contributed by atoms with Crippen molar-refractivity contribution < 1.29 is 9.57 Å². The number of hydrogen-bond donors (Lipinski definition) is 0. The van der Waals surface area contributed by atoms with Gasteiger partial charge in [0.15, 0.2) is 0 Å². The van der Waals surface area contributed by atoms with Gasteiger partial charge in [0.25, 0.3) is 0 Å². The summed E-state index contributed by atoms with van der Waals surface area (Å²) < 4.78 is 5.11. The fraction of sp³-hybridized carbons (Fsp3) is 0.417. The highest BCUT2D eigenvalue weighted by atomic mass is 79.9. The van der Waals surface area contributed by atoms with Crippen LogP contribution in [0.15, 0.2) is 29.4 Å². The van der Waals surface area contributed by atoms with Gasteiger partial charge in [0, 0.05) is 5.33 Å². The Balaban J connectivity index is 2.80. The smallest absolute Gasteiger partial charge is 0.118 e. The normalized spacial score (nSPS) is 11.3.